The molecule has 2 rings (SSSR count). The molecule has 2 heterocycles. The number of hydrogen-bond acceptors (Lipinski definition) is 4. The van der Waals surface area contributed by atoms with Crippen molar-refractivity contribution in [2.75, 3.05) is 0 Å². The van der Waals surface area contributed by atoms with Gasteiger partial charge in [-0.2, -0.15) is 0 Å². The molecule has 0 aliphatic carbocycles. The van der Waals surface area contributed by atoms with Gasteiger partial charge in [-0.15, -0.1) is 0 Å². The van der Waals surface area contributed by atoms with Crippen molar-refractivity contribution in [2.45, 2.75) is 6.92 Å². The number of aryl methyl sites for hydroxylation is 1. The van der Waals surface area contributed by atoms with Crippen LogP contribution in [0, 0.1) is 17.0 Å². The van der Waals surface area contributed by atoms with Gasteiger partial charge in [0.25, 0.3) is 0 Å². The van der Waals surface area contributed by atoms with E-state index < -0.39 is 4.92 Å². The molecule has 0 N–H and O–H groups in total. The minimum absolute atomic E-state index is 0.192. The second-order valence-corrected chi connectivity index (χ2v) is 3.99. The lowest BCUT2D eigenvalue weighted by atomic mass is 10.4. The SMILES string of the molecule is Cc1nc(-n2cnc([N+](=O)[O-])c2)ccc1Br. The van der Waals surface area contributed by atoms with Crippen LogP contribution in [0.1, 0.15) is 5.69 Å². The summed E-state index contributed by atoms with van der Waals surface area (Å²) in [5, 5.41) is 10.5. The third kappa shape index (κ3) is 1.94. The van der Waals surface area contributed by atoms with Crippen molar-refractivity contribution < 1.29 is 4.92 Å². The fourth-order valence-corrected chi connectivity index (χ4v) is 1.43. The van der Waals surface area contributed by atoms with Gasteiger partial charge in [0.15, 0.2) is 0 Å². The number of aromatic nitrogens is 3. The Morgan fingerprint density at radius 3 is 2.81 bits per heavy atom. The first kappa shape index (κ1) is 10.7. The van der Waals surface area contributed by atoms with Gasteiger partial charge in [0, 0.05) is 4.47 Å². The summed E-state index contributed by atoms with van der Waals surface area (Å²) in [6.45, 7) is 1.85. The summed E-state index contributed by atoms with van der Waals surface area (Å²) < 4.78 is 2.41. The van der Waals surface area contributed by atoms with Crippen LogP contribution in [0.4, 0.5) is 5.82 Å². The van der Waals surface area contributed by atoms with Crippen LogP contribution in [-0.2, 0) is 0 Å². The first-order valence-electron chi connectivity index (χ1n) is 4.40. The van der Waals surface area contributed by atoms with E-state index in [1.54, 1.807) is 6.07 Å². The summed E-state index contributed by atoms with van der Waals surface area (Å²) in [5.74, 6) is 0.406. The van der Waals surface area contributed by atoms with Crippen LogP contribution < -0.4 is 0 Å². The van der Waals surface area contributed by atoms with Gasteiger partial charge in [-0.05, 0) is 44.9 Å². The summed E-state index contributed by atoms with van der Waals surface area (Å²) in [4.78, 5) is 17.9. The molecule has 16 heavy (non-hydrogen) atoms. The van der Waals surface area contributed by atoms with Gasteiger partial charge in [-0.25, -0.2) is 4.98 Å². The smallest absolute Gasteiger partial charge is 0.358 e. The van der Waals surface area contributed by atoms with Crippen LogP contribution in [0.3, 0.4) is 0 Å². The summed E-state index contributed by atoms with van der Waals surface area (Å²) in [7, 11) is 0. The molecule has 0 unspecified atom stereocenters. The molecule has 0 saturated carbocycles. The summed E-state index contributed by atoms with van der Waals surface area (Å²) in [5.41, 5.74) is 0.814. The van der Waals surface area contributed by atoms with Gasteiger partial charge in [0.2, 0.25) is 6.33 Å². The summed E-state index contributed by atoms with van der Waals surface area (Å²) in [6.07, 6.45) is 2.70. The van der Waals surface area contributed by atoms with Gasteiger partial charge in [-0.3, -0.25) is 4.57 Å². The molecule has 0 atom stereocenters. The Labute approximate surface area is 99.2 Å². The Hall–Kier alpha value is -1.76. The maximum atomic E-state index is 10.5. The van der Waals surface area contributed by atoms with Crippen molar-refractivity contribution in [3.05, 3.63) is 44.9 Å². The van der Waals surface area contributed by atoms with Crippen molar-refractivity contribution in [2.24, 2.45) is 0 Å². The summed E-state index contributed by atoms with van der Waals surface area (Å²) >= 11 is 3.33. The van der Waals surface area contributed by atoms with E-state index >= 15 is 0 Å². The van der Waals surface area contributed by atoms with Crippen molar-refractivity contribution >= 4 is 21.7 Å². The predicted molar refractivity (Wildman–Crippen MR) is 60.5 cm³/mol. The zero-order chi connectivity index (χ0) is 11.7. The predicted octanol–water partition coefficient (Wildman–Crippen LogP) is 2.25. The Balaban J connectivity index is 2.42. The normalized spacial score (nSPS) is 10.4. The Morgan fingerprint density at radius 2 is 2.25 bits per heavy atom. The average Bonchev–Trinajstić information content (AvgIpc) is 2.71. The van der Waals surface area contributed by atoms with E-state index in [2.05, 4.69) is 25.9 Å². The van der Waals surface area contributed by atoms with E-state index in [9.17, 15) is 10.1 Å². The largest absolute Gasteiger partial charge is 0.381 e. The molecule has 2 aromatic heterocycles. The lowest BCUT2D eigenvalue weighted by molar-refractivity contribution is -0.389. The monoisotopic (exact) mass is 282 g/mol. The van der Waals surface area contributed by atoms with Crippen LogP contribution in [0.25, 0.3) is 5.82 Å². The van der Waals surface area contributed by atoms with Crippen molar-refractivity contribution in [1.29, 1.82) is 0 Å². The molecule has 2 aromatic rings. The fourth-order valence-electron chi connectivity index (χ4n) is 1.21. The van der Waals surface area contributed by atoms with E-state index in [4.69, 9.17) is 0 Å². The van der Waals surface area contributed by atoms with Crippen molar-refractivity contribution in [3.63, 3.8) is 0 Å². The highest BCUT2D eigenvalue weighted by atomic mass is 79.9. The maximum Gasteiger partial charge on any atom is 0.381 e. The Morgan fingerprint density at radius 1 is 1.50 bits per heavy atom. The molecule has 0 bridgehead atoms. The van der Waals surface area contributed by atoms with Crippen LogP contribution in [0.2, 0.25) is 0 Å². The lowest BCUT2D eigenvalue weighted by Gasteiger charge is -2.01. The molecule has 0 amide bonds. The van der Waals surface area contributed by atoms with Crippen LogP contribution in [0.5, 0.6) is 0 Å². The molecule has 0 spiro atoms. The maximum absolute atomic E-state index is 10.5. The van der Waals surface area contributed by atoms with Gasteiger partial charge >= 0.3 is 5.82 Å². The molecule has 7 heteroatoms. The minimum atomic E-state index is -0.539. The highest BCUT2D eigenvalue weighted by Crippen LogP contribution is 2.17. The van der Waals surface area contributed by atoms with Crippen molar-refractivity contribution in [3.8, 4) is 5.82 Å². The Kier molecular flexibility index (Phi) is 2.69. The number of imidazole rings is 1. The van der Waals surface area contributed by atoms with Gasteiger partial charge in [-0.1, -0.05) is 0 Å². The number of hydrogen-bond donors (Lipinski definition) is 0. The molecule has 0 aliphatic rings. The zero-order valence-electron chi connectivity index (χ0n) is 8.29. The molecule has 0 saturated heterocycles. The molecule has 82 valence electrons. The van der Waals surface area contributed by atoms with E-state index in [-0.39, 0.29) is 5.82 Å². The number of rotatable bonds is 2. The van der Waals surface area contributed by atoms with Gasteiger partial charge in [0.05, 0.1) is 5.69 Å². The molecule has 0 fully saturated rings. The standard InChI is InChI=1S/C9H7BrN4O2/c1-6-7(10)2-3-8(12-6)13-4-9(11-5-13)14(15)16/h2-5H,1H3. The molecule has 0 radical (unpaired) electrons. The second-order valence-electron chi connectivity index (χ2n) is 3.13. The first-order valence-corrected chi connectivity index (χ1v) is 5.19. The fraction of sp³-hybridized carbons (Fsp3) is 0.111. The van der Waals surface area contributed by atoms with Crippen LogP contribution >= 0.6 is 15.9 Å². The molecular weight excluding hydrogens is 276 g/mol. The van der Waals surface area contributed by atoms with Gasteiger partial charge in [0.1, 0.15) is 12.0 Å². The number of pyridine rings is 1. The highest BCUT2D eigenvalue weighted by Gasteiger charge is 2.11. The second kappa shape index (κ2) is 4.01. The third-order valence-electron chi connectivity index (χ3n) is 2.03. The quantitative estimate of drug-likeness (QED) is 0.625. The van der Waals surface area contributed by atoms with E-state index in [0.29, 0.717) is 5.82 Å². The van der Waals surface area contributed by atoms with Crippen LogP contribution in [0.15, 0.2) is 29.1 Å². The highest BCUT2D eigenvalue weighted by molar-refractivity contribution is 9.10. The van der Waals surface area contributed by atoms with Gasteiger partial charge < -0.3 is 10.1 Å². The van der Waals surface area contributed by atoms with E-state index in [0.717, 1.165) is 10.2 Å². The molecular formula is C9H7BrN4O2. The summed E-state index contributed by atoms with van der Waals surface area (Å²) in [6, 6.07) is 3.59. The lowest BCUT2D eigenvalue weighted by Crippen LogP contribution is -1.96. The Bertz CT molecular complexity index is 552. The zero-order valence-corrected chi connectivity index (χ0v) is 9.88. The first-order chi connectivity index (χ1) is 7.58. The number of halogens is 1. The molecule has 0 aromatic carbocycles. The van der Waals surface area contributed by atoms with Crippen LogP contribution in [-0.4, -0.2) is 19.5 Å². The minimum Gasteiger partial charge on any atom is -0.358 e. The topological polar surface area (TPSA) is 73.8 Å². The number of nitrogens with zero attached hydrogens (tertiary/aromatic N) is 4. The van der Waals surface area contributed by atoms with E-state index in [1.807, 2.05) is 13.0 Å². The average molecular weight is 283 g/mol. The van der Waals surface area contributed by atoms with E-state index in [1.165, 1.54) is 17.1 Å². The molecule has 0 aliphatic heterocycles. The molecule has 6 nitrogen and oxygen atoms in total. The third-order valence-corrected chi connectivity index (χ3v) is 2.87. The number of nitro groups is 1. The van der Waals surface area contributed by atoms with Crippen molar-refractivity contribution in [1.82, 2.24) is 14.5 Å².